The number of hydrogen-bond acceptors (Lipinski definition) is 7. The quantitative estimate of drug-likeness (QED) is 0.393. The number of thiol groups is 1. The molecule has 2 N–H and O–H groups in total. The number of alkyl halides is 3. The van der Waals surface area contributed by atoms with Gasteiger partial charge in [0.25, 0.3) is 0 Å². The number of nitrogens with one attached hydrogen (secondary N) is 2. The van der Waals surface area contributed by atoms with Gasteiger partial charge in [0, 0.05) is 12.2 Å². The van der Waals surface area contributed by atoms with Crippen molar-refractivity contribution in [1.29, 1.82) is 0 Å². The van der Waals surface area contributed by atoms with Gasteiger partial charge in [-0.25, -0.2) is 9.59 Å². The van der Waals surface area contributed by atoms with Crippen molar-refractivity contribution < 1.29 is 41.8 Å². The van der Waals surface area contributed by atoms with E-state index in [1.807, 2.05) is 0 Å². The second-order valence-electron chi connectivity index (χ2n) is 4.41. The van der Waals surface area contributed by atoms with E-state index < -0.39 is 54.9 Å². The molecule has 0 spiro atoms. The maximum Gasteiger partial charge on any atom is 0.471 e. The van der Waals surface area contributed by atoms with Gasteiger partial charge in [0.15, 0.2) is 0 Å². The van der Waals surface area contributed by atoms with Gasteiger partial charge in [-0.2, -0.15) is 25.8 Å². The summed E-state index contributed by atoms with van der Waals surface area (Å²) in [5.74, 6) is -5.04. The summed E-state index contributed by atoms with van der Waals surface area (Å²) in [6.07, 6.45) is -6.09. The summed E-state index contributed by atoms with van der Waals surface area (Å²) in [4.78, 5) is 45.3. The Balaban J connectivity index is 4.71. The molecule has 0 aromatic carbocycles. The molecular formula is C12H17F3N2O6S. The number of amides is 2. The van der Waals surface area contributed by atoms with E-state index in [9.17, 15) is 32.3 Å². The molecule has 0 saturated heterocycles. The van der Waals surface area contributed by atoms with Gasteiger partial charge in [-0.1, -0.05) is 0 Å². The summed E-state index contributed by atoms with van der Waals surface area (Å²) in [5.41, 5.74) is 0. The third-order valence-electron chi connectivity index (χ3n) is 2.71. The number of halogens is 3. The molecule has 0 radical (unpaired) electrons. The van der Waals surface area contributed by atoms with Crippen LogP contribution in [0, 0.1) is 0 Å². The largest absolute Gasteiger partial charge is 0.471 e. The molecule has 0 aromatic heterocycles. The smallest absolute Gasteiger partial charge is 0.467 e. The average molecular weight is 374 g/mol. The number of hydrogen-bond donors (Lipinski definition) is 3. The van der Waals surface area contributed by atoms with Crippen LogP contribution in [0.1, 0.15) is 12.8 Å². The second-order valence-corrected chi connectivity index (χ2v) is 4.78. The lowest BCUT2D eigenvalue weighted by molar-refractivity contribution is -0.175. The average Bonchev–Trinajstić information content (AvgIpc) is 2.53. The molecule has 0 rings (SSSR count). The van der Waals surface area contributed by atoms with Gasteiger partial charge in [0.2, 0.25) is 5.91 Å². The Morgan fingerprint density at radius 1 is 1.00 bits per heavy atom. The molecule has 138 valence electrons. The molecule has 2 amide bonds. The molecule has 0 fully saturated rings. The lowest BCUT2D eigenvalue weighted by Crippen LogP contribution is -2.48. The van der Waals surface area contributed by atoms with Gasteiger partial charge < -0.3 is 20.1 Å². The number of methoxy groups -OCH3 is 2. The highest BCUT2D eigenvalue weighted by Crippen LogP contribution is 2.15. The van der Waals surface area contributed by atoms with Crippen molar-refractivity contribution in [1.82, 2.24) is 10.6 Å². The predicted molar refractivity (Wildman–Crippen MR) is 77.0 cm³/mol. The van der Waals surface area contributed by atoms with Gasteiger partial charge in [-0.15, -0.1) is 0 Å². The SMILES string of the molecule is COC(=O)[C@H](CS)NC(=O)CC[C@H](NC(=O)C(F)(F)F)C(=O)OC. The van der Waals surface area contributed by atoms with Crippen LogP contribution < -0.4 is 10.6 Å². The minimum Gasteiger partial charge on any atom is -0.467 e. The van der Waals surface area contributed by atoms with E-state index in [2.05, 4.69) is 27.4 Å². The number of rotatable bonds is 8. The van der Waals surface area contributed by atoms with E-state index in [4.69, 9.17) is 0 Å². The fraction of sp³-hybridized carbons (Fsp3) is 0.667. The van der Waals surface area contributed by atoms with Crippen LogP contribution in [-0.2, 0) is 28.7 Å². The molecule has 0 aliphatic heterocycles. The molecule has 0 bridgehead atoms. The molecule has 0 unspecified atom stereocenters. The second kappa shape index (κ2) is 10.0. The summed E-state index contributed by atoms with van der Waals surface area (Å²) in [5, 5.41) is 3.68. The lowest BCUT2D eigenvalue weighted by Gasteiger charge is -2.18. The highest BCUT2D eigenvalue weighted by molar-refractivity contribution is 7.80. The summed E-state index contributed by atoms with van der Waals surface area (Å²) in [6.45, 7) is 0. The first-order valence-corrected chi connectivity index (χ1v) is 7.13. The van der Waals surface area contributed by atoms with Gasteiger partial charge in [0.1, 0.15) is 12.1 Å². The number of ether oxygens (including phenoxy) is 2. The van der Waals surface area contributed by atoms with Crippen LogP contribution in [0.15, 0.2) is 0 Å². The molecule has 12 heteroatoms. The van der Waals surface area contributed by atoms with Gasteiger partial charge in [-0.3, -0.25) is 9.59 Å². The normalized spacial score (nSPS) is 13.4. The topological polar surface area (TPSA) is 111 Å². The molecule has 24 heavy (non-hydrogen) atoms. The highest BCUT2D eigenvalue weighted by Gasteiger charge is 2.41. The van der Waals surface area contributed by atoms with E-state index in [0.717, 1.165) is 14.2 Å². The molecule has 0 saturated carbocycles. The fourth-order valence-corrected chi connectivity index (χ4v) is 1.73. The van der Waals surface area contributed by atoms with Gasteiger partial charge in [0.05, 0.1) is 14.2 Å². The first-order valence-electron chi connectivity index (χ1n) is 6.50. The van der Waals surface area contributed by atoms with Crippen molar-refractivity contribution in [2.75, 3.05) is 20.0 Å². The van der Waals surface area contributed by atoms with Crippen LogP contribution in [0.4, 0.5) is 13.2 Å². The molecule has 0 aromatic rings. The third-order valence-corrected chi connectivity index (χ3v) is 3.08. The summed E-state index contributed by atoms with van der Waals surface area (Å²) >= 11 is 3.85. The Kier molecular flexibility index (Phi) is 9.18. The zero-order valence-corrected chi connectivity index (χ0v) is 13.7. The minimum absolute atomic E-state index is 0.0658. The number of carbonyl (C=O) groups is 4. The summed E-state index contributed by atoms with van der Waals surface area (Å²) < 4.78 is 45.3. The van der Waals surface area contributed by atoms with Gasteiger partial charge in [-0.05, 0) is 6.42 Å². The van der Waals surface area contributed by atoms with E-state index in [0.29, 0.717) is 0 Å². The molecule has 8 nitrogen and oxygen atoms in total. The first-order chi connectivity index (χ1) is 11.1. The van der Waals surface area contributed by atoms with E-state index in [1.54, 1.807) is 0 Å². The van der Waals surface area contributed by atoms with Crippen LogP contribution in [0.25, 0.3) is 0 Å². The predicted octanol–water partition coefficient (Wildman–Crippen LogP) is -0.426. The Bertz CT molecular complexity index is 486. The molecule has 2 atom stereocenters. The monoisotopic (exact) mass is 374 g/mol. The van der Waals surface area contributed by atoms with Crippen LogP contribution in [0.3, 0.4) is 0 Å². The van der Waals surface area contributed by atoms with Crippen molar-refractivity contribution in [3.8, 4) is 0 Å². The van der Waals surface area contributed by atoms with Crippen LogP contribution in [0.5, 0.6) is 0 Å². The fourth-order valence-electron chi connectivity index (χ4n) is 1.49. The molecular weight excluding hydrogens is 357 g/mol. The Morgan fingerprint density at radius 3 is 1.92 bits per heavy atom. The zero-order chi connectivity index (χ0) is 18.9. The maximum atomic E-state index is 12.2. The maximum absolute atomic E-state index is 12.2. The van der Waals surface area contributed by atoms with Crippen molar-refractivity contribution in [3.63, 3.8) is 0 Å². The number of carbonyl (C=O) groups excluding carboxylic acids is 4. The summed E-state index contributed by atoms with van der Waals surface area (Å²) in [7, 11) is 2.02. The minimum atomic E-state index is -5.18. The number of esters is 2. The Hall–Kier alpha value is -1.98. The van der Waals surface area contributed by atoms with Crippen molar-refractivity contribution in [3.05, 3.63) is 0 Å². The van der Waals surface area contributed by atoms with E-state index >= 15 is 0 Å². The molecule has 0 heterocycles. The standard InChI is InChI=1S/C12H17F3N2O6S/c1-22-9(19)6(17-11(21)12(13,14)15)3-4-8(18)16-7(5-24)10(20)23-2/h6-7,24H,3-5H2,1-2H3,(H,16,18)(H,17,21)/t6-,7-/m0/s1. The zero-order valence-electron chi connectivity index (χ0n) is 12.8. The third kappa shape index (κ3) is 7.53. The van der Waals surface area contributed by atoms with Crippen LogP contribution in [0.2, 0.25) is 0 Å². The van der Waals surface area contributed by atoms with E-state index in [-0.39, 0.29) is 5.75 Å². The van der Waals surface area contributed by atoms with Crippen LogP contribution >= 0.6 is 12.6 Å². The highest BCUT2D eigenvalue weighted by atomic mass is 32.1. The Morgan fingerprint density at radius 2 is 1.50 bits per heavy atom. The van der Waals surface area contributed by atoms with Crippen molar-refractivity contribution in [2.45, 2.75) is 31.1 Å². The van der Waals surface area contributed by atoms with E-state index in [1.165, 1.54) is 5.32 Å². The lowest BCUT2D eigenvalue weighted by atomic mass is 10.1. The van der Waals surface area contributed by atoms with Crippen molar-refractivity contribution in [2.24, 2.45) is 0 Å². The Labute approximate surface area is 140 Å². The van der Waals surface area contributed by atoms with Crippen LogP contribution in [-0.4, -0.2) is 62.0 Å². The molecule has 0 aliphatic carbocycles. The first kappa shape index (κ1) is 22.0. The summed E-state index contributed by atoms with van der Waals surface area (Å²) in [6, 6.07) is -2.71. The molecule has 0 aliphatic rings. The van der Waals surface area contributed by atoms with Crippen molar-refractivity contribution >= 4 is 36.4 Å². The van der Waals surface area contributed by atoms with Gasteiger partial charge >= 0.3 is 24.0 Å².